The molecule has 0 aliphatic rings. The fourth-order valence-electron chi connectivity index (χ4n) is 2.06. The van der Waals surface area contributed by atoms with Crippen molar-refractivity contribution in [3.63, 3.8) is 0 Å². The smallest absolute Gasteiger partial charge is 0.145 e. The van der Waals surface area contributed by atoms with E-state index in [1.807, 2.05) is 37.4 Å². The lowest BCUT2D eigenvalue weighted by Crippen LogP contribution is -2.19. The molecular formula is C18H31NO2. The third-order valence-corrected chi connectivity index (χ3v) is 2.93. The van der Waals surface area contributed by atoms with E-state index in [4.69, 9.17) is 4.74 Å². The summed E-state index contributed by atoms with van der Waals surface area (Å²) in [6, 6.07) is 10.1. The number of hydrogen-bond acceptors (Lipinski definition) is 3. The van der Waals surface area contributed by atoms with Gasteiger partial charge in [0.15, 0.2) is 0 Å². The van der Waals surface area contributed by atoms with Crippen molar-refractivity contribution in [2.24, 2.45) is 11.8 Å². The second kappa shape index (κ2) is 12.4. The van der Waals surface area contributed by atoms with Crippen LogP contribution in [0.25, 0.3) is 0 Å². The molecule has 0 saturated carbocycles. The Kier molecular flexibility index (Phi) is 11.6. The van der Waals surface area contributed by atoms with Gasteiger partial charge in [0.05, 0.1) is 6.10 Å². The molecular weight excluding hydrogens is 262 g/mol. The van der Waals surface area contributed by atoms with Crippen LogP contribution in [0.5, 0.6) is 0 Å². The molecule has 3 nitrogen and oxygen atoms in total. The molecule has 120 valence electrons. The highest BCUT2D eigenvalue weighted by Gasteiger charge is 2.12. The topological polar surface area (TPSA) is 38.3 Å². The summed E-state index contributed by atoms with van der Waals surface area (Å²) in [5, 5.41) is 3.03. The zero-order chi connectivity index (χ0) is 16.1. The Morgan fingerprint density at radius 1 is 1.05 bits per heavy atom. The largest absolute Gasteiger partial charge is 0.388 e. The Morgan fingerprint density at radius 3 is 1.90 bits per heavy atom. The summed E-state index contributed by atoms with van der Waals surface area (Å²) in [7, 11) is 1.91. The Balaban J connectivity index is 0.000000423. The first-order valence-electron chi connectivity index (χ1n) is 7.77. The molecule has 1 rings (SSSR count). The van der Waals surface area contributed by atoms with Crippen LogP contribution in [0.15, 0.2) is 30.3 Å². The van der Waals surface area contributed by atoms with Crippen LogP contribution in [0.1, 0.15) is 40.5 Å². The number of anilines is 1. The zero-order valence-electron chi connectivity index (χ0n) is 14.1. The minimum atomic E-state index is 0.240. The van der Waals surface area contributed by atoms with Gasteiger partial charge < -0.3 is 14.8 Å². The predicted octanol–water partition coefficient (Wildman–Crippen LogP) is 4.39. The van der Waals surface area contributed by atoms with Crippen LogP contribution in [0.3, 0.4) is 0 Å². The molecule has 0 aliphatic heterocycles. The Hall–Kier alpha value is -1.35. The molecule has 0 aromatic heterocycles. The second-order valence-electron chi connectivity index (χ2n) is 6.00. The minimum absolute atomic E-state index is 0.240. The van der Waals surface area contributed by atoms with E-state index in [-0.39, 0.29) is 12.7 Å². The summed E-state index contributed by atoms with van der Waals surface area (Å²) < 4.78 is 5.44. The summed E-state index contributed by atoms with van der Waals surface area (Å²) in [5.74, 6) is 1.27. The van der Waals surface area contributed by atoms with E-state index in [0.717, 1.165) is 24.8 Å². The van der Waals surface area contributed by atoms with E-state index >= 15 is 0 Å². The van der Waals surface area contributed by atoms with E-state index in [0.29, 0.717) is 11.8 Å². The van der Waals surface area contributed by atoms with E-state index < -0.39 is 0 Å². The molecule has 21 heavy (non-hydrogen) atoms. The molecule has 1 N–H and O–H groups in total. The van der Waals surface area contributed by atoms with Gasteiger partial charge in [0.1, 0.15) is 12.9 Å². The van der Waals surface area contributed by atoms with Gasteiger partial charge in [-0.3, -0.25) is 0 Å². The summed E-state index contributed by atoms with van der Waals surface area (Å²) in [5.41, 5.74) is 1.16. The second-order valence-corrected chi connectivity index (χ2v) is 6.00. The standard InChI is InChI=1S/C11H22O2.C7H9N/c1-9(2)7-11(8-10(3)4)13-6-5-12;1-8-7-5-3-2-4-6-7/h5,9-11H,6-8H2,1-4H3;2-6,8H,1H3. The van der Waals surface area contributed by atoms with E-state index in [9.17, 15) is 4.79 Å². The van der Waals surface area contributed by atoms with Crippen LogP contribution >= 0.6 is 0 Å². The van der Waals surface area contributed by atoms with Crippen molar-refractivity contribution in [1.29, 1.82) is 0 Å². The fraction of sp³-hybridized carbons (Fsp3) is 0.611. The van der Waals surface area contributed by atoms with Gasteiger partial charge in [-0.15, -0.1) is 0 Å². The number of aldehydes is 1. The molecule has 0 atom stereocenters. The predicted molar refractivity (Wildman–Crippen MR) is 90.7 cm³/mol. The first kappa shape index (κ1) is 19.7. The maximum Gasteiger partial charge on any atom is 0.145 e. The Labute approximate surface area is 130 Å². The van der Waals surface area contributed by atoms with Crippen LogP contribution in [0.4, 0.5) is 5.69 Å². The summed E-state index contributed by atoms with van der Waals surface area (Å²) in [6.07, 6.45) is 3.18. The summed E-state index contributed by atoms with van der Waals surface area (Å²) in [4.78, 5) is 10.2. The zero-order valence-corrected chi connectivity index (χ0v) is 14.1. The highest BCUT2D eigenvalue weighted by molar-refractivity contribution is 5.50. The number of hydrogen-bond donors (Lipinski definition) is 1. The molecule has 0 bridgehead atoms. The lowest BCUT2D eigenvalue weighted by atomic mass is 9.98. The Bertz CT molecular complexity index is 339. The van der Waals surface area contributed by atoms with Gasteiger partial charge in [0.2, 0.25) is 0 Å². The van der Waals surface area contributed by atoms with Gasteiger partial charge in [-0.2, -0.15) is 0 Å². The Morgan fingerprint density at radius 2 is 1.57 bits per heavy atom. The molecule has 0 amide bonds. The quantitative estimate of drug-likeness (QED) is 0.722. The van der Waals surface area contributed by atoms with Crippen molar-refractivity contribution in [3.05, 3.63) is 30.3 Å². The number of para-hydroxylation sites is 1. The molecule has 0 radical (unpaired) electrons. The molecule has 0 unspecified atom stereocenters. The van der Waals surface area contributed by atoms with Crippen LogP contribution in [0, 0.1) is 11.8 Å². The van der Waals surface area contributed by atoms with Gasteiger partial charge in [-0.25, -0.2) is 0 Å². The first-order chi connectivity index (χ1) is 9.99. The van der Waals surface area contributed by atoms with E-state index in [1.54, 1.807) is 0 Å². The number of carbonyl (C=O) groups excluding carboxylic acids is 1. The molecule has 0 fully saturated rings. The molecule has 3 heteroatoms. The van der Waals surface area contributed by atoms with Gasteiger partial charge >= 0.3 is 0 Å². The monoisotopic (exact) mass is 293 g/mol. The van der Waals surface area contributed by atoms with E-state index in [2.05, 4.69) is 33.0 Å². The lowest BCUT2D eigenvalue weighted by molar-refractivity contribution is -0.114. The summed E-state index contributed by atoms with van der Waals surface area (Å²) >= 11 is 0. The van der Waals surface area contributed by atoms with Crippen molar-refractivity contribution in [1.82, 2.24) is 0 Å². The maximum absolute atomic E-state index is 10.2. The number of nitrogens with one attached hydrogen (secondary N) is 1. The van der Waals surface area contributed by atoms with Crippen LogP contribution in [-0.4, -0.2) is 26.0 Å². The van der Waals surface area contributed by atoms with Gasteiger partial charge in [-0.05, 0) is 36.8 Å². The number of ether oxygens (including phenoxy) is 1. The molecule has 1 aromatic carbocycles. The third kappa shape index (κ3) is 12.1. The van der Waals surface area contributed by atoms with Gasteiger partial charge in [0, 0.05) is 12.7 Å². The maximum atomic E-state index is 10.2. The average Bonchev–Trinajstić information content (AvgIpc) is 2.45. The molecule has 0 aliphatic carbocycles. The number of rotatable bonds is 8. The highest BCUT2D eigenvalue weighted by atomic mass is 16.5. The van der Waals surface area contributed by atoms with Crippen molar-refractivity contribution in [2.75, 3.05) is 19.0 Å². The fourth-order valence-corrected chi connectivity index (χ4v) is 2.06. The minimum Gasteiger partial charge on any atom is -0.388 e. The van der Waals surface area contributed by atoms with Gasteiger partial charge in [0.25, 0.3) is 0 Å². The first-order valence-corrected chi connectivity index (χ1v) is 7.77. The molecule has 1 aromatic rings. The van der Waals surface area contributed by atoms with Crippen molar-refractivity contribution >= 4 is 12.0 Å². The van der Waals surface area contributed by atoms with Gasteiger partial charge in [-0.1, -0.05) is 45.9 Å². The molecule has 0 saturated heterocycles. The third-order valence-electron chi connectivity index (χ3n) is 2.93. The van der Waals surface area contributed by atoms with Crippen LogP contribution < -0.4 is 5.32 Å². The van der Waals surface area contributed by atoms with E-state index in [1.165, 1.54) is 0 Å². The normalized spacial score (nSPS) is 10.5. The molecule has 0 heterocycles. The van der Waals surface area contributed by atoms with Crippen molar-refractivity contribution in [3.8, 4) is 0 Å². The lowest BCUT2D eigenvalue weighted by Gasteiger charge is -2.20. The van der Waals surface area contributed by atoms with Crippen molar-refractivity contribution in [2.45, 2.75) is 46.6 Å². The van der Waals surface area contributed by atoms with Crippen LogP contribution in [-0.2, 0) is 9.53 Å². The van der Waals surface area contributed by atoms with Crippen LogP contribution in [0.2, 0.25) is 0 Å². The van der Waals surface area contributed by atoms with Crippen molar-refractivity contribution < 1.29 is 9.53 Å². The molecule has 0 spiro atoms. The number of carbonyl (C=O) groups is 1. The average molecular weight is 293 g/mol. The summed E-state index contributed by atoms with van der Waals surface area (Å²) in [6.45, 7) is 8.95. The number of benzene rings is 1. The highest BCUT2D eigenvalue weighted by Crippen LogP contribution is 2.16. The SMILES string of the molecule is CC(C)CC(CC(C)C)OCC=O.CNc1ccccc1.